The molecule has 1 aliphatic rings. The molecule has 0 aliphatic heterocycles. The lowest BCUT2D eigenvalue weighted by Crippen LogP contribution is -2.17. The molecule has 0 amide bonds. The van der Waals surface area contributed by atoms with Crippen LogP contribution in [0.25, 0.3) is 87.4 Å². The fourth-order valence-corrected chi connectivity index (χ4v) is 9.57. The van der Waals surface area contributed by atoms with Gasteiger partial charge in [0.1, 0.15) is 22.3 Å². The molecular formula is C56H36N2O3. The lowest BCUT2D eigenvalue weighted by atomic mass is 10.0. The van der Waals surface area contributed by atoms with Crippen LogP contribution in [-0.4, -0.2) is 0 Å². The molecule has 288 valence electrons. The molecule has 61 heavy (non-hydrogen) atoms. The molecule has 9 aromatic carbocycles. The quantitative estimate of drug-likeness (QED) is 0.168. The van der Waals surface area contributed by atoms with E-state index in [0.717, 1.165) is 129 Å². The molecule has 0 spiro atoms. The summed E-state index contributed by atoms with van der Waals surface area (Å²) in [4.78, 5) is 4.66. The number of furan rings is 3. The zero-order valence-electron chi connectivity index (χ0n) is 33.0. The third-order valence-electron chi connectivity index (χ3n) is 12.4. The summed E-state index contributed by atoms with van der Waals surface area (Å²) in [6.45, 7) is 0. The number of nitrogens with zero attached hydrogens (tertiary/aromatic N) is 2. The van der Waals surface area contributed by atoms with E-state index in [1.807, 2.05) is 24.3 Å². The van der Waals surface area contributed by atoms with Crippen molar-refractivity contribution in [2.45, 2.75) is 12.8 Å². The molecule has 3 heterocycles. The maximum atomic E-state index is 6.74. The summed E-state index contributed by atoms with van der Waals surface area (Å²) in [5, 5.41) is 11.2. The van der Waals surface area contributed by atoms with E-state index in [2.05, 4.69) is 180 Å². The van der Waals surface area contributed by atoms with Crippen molar-refractivity contribution in [2.75, 3.05) is 9.80 Å². The largest absolute Gasteiger partial charge is 0.456 e. The summed E-state index contributed by atoms with van der Waals surface area (Å²) < 4.78 is 19.9. The molecule has 0 fully saturated rings. The van der Waals surface area contributed by atoms with E-state index in [-0.39, 0.29) is 0 Å². The van der Waals surface area contributed by atoms with Crippen molar-refractivity contribution in [3.63, 3.8) is 0 Å². The zero-order chi connectivity index (χ0) is 40.0. The van der Waals surface area contributed by atoms with Gasteiger partial charge in [-0.3, -0.25) is 0 Å². The van der Waals surface area contributed by atoms with Crippen LogP contribution >= 0.6 is 0 Å². The Bertz CT molecular complexity index is 3790. The smallest absolute Gasteiger partial charge is 0.159 e. The predicted octanol–water partition coefficient (Wildman–Crippen LogP) is 16.5. The Hall–Kier alpha value is -8.02. The van der Waals surface area contributed by atoms with Crippen LogP contribution in [0.5, 0.6) is 0 Å². The summed E-state index contributed by atoms with van der Waals surface area (Å²) in [5.74, 6) is 0. The molecule has 0 unspecified atom stereocenters. The number of anilines is 5. The molecule has 0 bridgehead atoms. The van der Waals surface area contributed by atoms with Gasteiger partial charge in [0.05, 0.1) is 11.4 Å². The van der Waals surface area contributed by atoms with Crippen LogP contribution in [0, 0.1) is 0 Å². The highest BCUT2D eigenvalue weighted by Crippen LogP contribution is 2.45. The minimum Gasteiger partial charge on any atom is -0.456 e. The summed E-state index contributed by atoms with van der Waals surface area (Å²) >= 11 is 0. The molecule has 0 atom stereocenters. The Morgan fingerprint density at radius 2 is 0.902 bits per heavy atom. The second kappa shape index (κ2) is 13.2. The lowest BCUT2D eigenvalue weighted by Gasteiger charge is -2.29. The van der Waals surface area contributed by atoms with Gasteiger partial charge in [0.25, 0.3) is 0 Å². The number of para-hydroxylation sites is 5. The van der Waals surface area contributed by atoms with E-state index in [4.69, 9.17) is 13.3 Å². The first kappa shape index (κ1) is 33.9. The first-order chi connectivity index (χ1) is 30.2. The first-order valence-electron chi connectivity index (χ1n) is 20.9. The van der Waals surface area contributed by atoms with E-state index in [1.54, 1.807) is 0 Å². The van der Waals surface area contributed by atoms with E-state index in [0.29, 0.717) is 0 Å². The number of hydrogen-bond donors (Lipinski definition) is 0. The van der Waals surface area contributed by atoms with Gasteiger partial charge in [0.2, 0.25) is 0 Å². The molecule has 1 aliphatic carbocycles. The lowest BCUT2D eigenvalue weighted by molar-refractivity contribution is 0.668. The average Bonchev–Trinajstić information content (AvgIpc) is 4.00. The maximum Gasteiger partial charge on any atom is 0.159 e. The molecule has 3 aromatic heterocycles. The summed E-state index contributed by atoms with van der Waals surface area (Å²) in [6, 6.07) is 62.3. The van der Waals surface area contributed by atoms with E-state index >= 15 is 0 Å². The van der Waals surface area contributed by atoms with E-state index < -0.39 is 0 Å². The highest BCUT2D eigenvalue weighted by atomic mass is 16.3. The van der Waals surface area contributed by atoms with Gasteiger partial charge in [-0.25, -0.2) is 0 Å². The van der Waals surface area contributed by atoms with Crippen LogP contribution < -0.4 is 9.80 Å². The van der Waals surface area contributed by atoms with Crippen LogP contribution in [0.3, 0.4) is 0 Å². The van der Waals surface area contributed by atoms with Crippen molar-refractivity contribution in [1.29, 1.82) is 0 Å². The van der Waals surface area contributed by atoms with Crippen molar-refractivity contribution in [3.8, 4) is 0 Å². The molecule has 13 rings (SSSR count). The van der Waals surface area contributed by atoms with Gasteiger partial charge in [-0.05, 0) is 125 Å². The number of rotatable bonds is 6. The molecule has 0 N–H and O–H groups in total. The second-order valence-electron chi connectivity index (χ2n) is 16.0. The number of hydrogen-bond acceptors (Lipinski definition) is 5. The summed E-state index contributed by atoms with van der Waals surface area (Å²) in [7, 11) is 0. The van der Waals surface area contributed by atoms with Crippen LogP contribution in [0.1, 0.15) is 12.8 Å². The number of allylic oxidation sites excluding steroid dienone is 4. The Balaban J connectivity index is 0.937. The first-order valence-corrected chi connectivity index (χ1v) is 20.9. The molecule has 0 saturated carbocycles. The van der Waals surface area contributed by atoms with Gasteiger partial charge >= 0.3 is 0 Å². The standard InChI is InChI=1S/C56H36N2O3/c1-3-13-39(14-4-1)57(49-21-11-19-45-43-17-7-9-23-51(43)60-55(45)49)41-27-25-35-31-47-48-32-36-26-28-42(30-38(36)34-54(48)59-53(47)33-37(35)29-41)58(40-15-5-2-6-16-40)50-22-12-20-46-44-18-8-10-24-52(44)61-56(46)50/h1-5,7-15,17-34H,6,16H2. The molecule has 5 heteroatoms. The van der Waals surface area contributed by atoms with Gasteiger partial charge in [0, 0.05) is 55.1 Å². The van der Waals surface area contributed by atoms with Crippen LogP contribution in [0.15, 0.2) is 213 Å². The van der Waals surface area contributed by atoms with Crippen molar-refractivity contribution in [3.05, 3.63) is 200 Å². The second-order valence-corrected chi connectivity index (χ2v) is 16.0. The highest BCUT2D eigenvalue weighted by Gasteiger charge is 2.23. The van der Waals surface area contributed by atoms with Crippen molar-refractivity contribution >= 4 is 116 Å². The Kier molecular flexibility index (Phi) is 7.36. The Morgan fingerprint density at radius 1 is 0.361 bits per heavy atom. The van der Waals surface area contributed by atoms with Crippen molar-refractivity contribution in [2.24, 2.45) is 0 Å². The fourth-order valence-electron chi connectivity index (χ4n) is 9.57. The molecule has 5 nitrogen and oxygen atoms in total. The van der Waals surface area contributed by atoms with Crippen LogP contribution in [-0.2, 0) is 0 Å². The molecule has 12 aromatic rings. The number of fused-ring (bicyclic) bond motifs is 11. The SMILES string of the molecule is C1=CCCC(N(c2ccc3cc4c(cc3c2)oc2cc3cc(N(c5ccccc5)c5cccc6c5oc5ccccc56)ccc3cc24)c2cccc3c2oc2ccccc23)=C1. The van der Waals surface area contributed by atoms with E-state index in [9.17, 15) is 0 Å². The Labute approximate surface area is 350 Å². The average molecular weight is 785 g/mol. The molecule has 0 radical (unpaired) electrons. The van der Waals surface area contributed by atoms with Crippen molar-refractivity contribution < 1.29 is 13.3 Å². The summed E-state index contributed by atoms with van der Waals surface area (Å²) in [6.07, 6.45) is 8.54. The number of benzene rings is 9. The summed E-state index contributed by atoms with van der Waals surface area (Å²) in [5.41, 5.74) is 11.7. The predicted molar refractivity (Wildman–Crippen MR) is 253 cm³/mol. The van der Waals surface area contributed by atoms with E-state index in [1.165, 1.54) is 5.70 Å². The van der Waals surface area contributed by atoms with Gasteiger partial charge < -0.3 is 23.1 Å². The molecule has 0 saturated heterocycles. The van der Waals surface area contributed by atoms with Gasteiger partial charge in [-0.15, -0.1) is 0 Å². The topological polar surface area (TPSA) is 45.9 Å². The minimum atomic E-state index is 0.859. The van der Waals surface area contributed by atoms with Crippen molar-refractivity contribution in [1.82, 2.24) is 0 Å². The minimum absolute atomic E-state index is 0.859. The van der Waals surface area contributed by atoms with Crippen LogP contribution in [0.2, 0.25) is 0 Å². The molecular weight excluding hydrogens is 749 g/mol. The Morgan fingerprint density at radius 3 is 1.49 bits per heavy atom. The monoisotopic (exact) mass is 784 g/mol. The third kappa shape index (κ3) is 5.34. The van der Waals surface area contributed by atoms with Crippen LogP contribution in [0.4, 0.5) is 28.4 Å². The normalized spacial score (nSPS) is 13.1. The third-order valence-corrected chi connectivity index (χ3v) is 12.4. The maximum absolute atomic E-state index is 6.74. The highest BCUT2D eigenvalue weighted by molar-refractivity contribution is 6.15. The fraction of sp³-hybridized carbons (Fsp3) is 0.0357. The van der Waals surface area contributed by atoms with Gasteiger partial charge in [-0.1, -0.05) is 103 Å². The zero-order valence-corrected chi connectivity index (χ0v) is 33.0. The van der Waals surface area contributed by atoms with Gasteiger partial charge in [-0.2, -0.15) is 0 Å². The van der Waals surface area contributed by atoms with Gasteiger partial charge in [0.15, 0.2) is 11.2 Å².